The minimum Gasteiger partial charge on any atom is -0.492 e. The van der Waals surface area contributed by atoms with Gasteiger partial charge in [0.2, 0.25) is 5.89 Å². The fourth-order valence-electron chi connectivity index (χ4n) is 2.18. The van der Waals surface area contributed by atoms with Crippen molar-refractivity contribution in [1.82, 2.24) is 4.98 Å². The number of oxazole rings is 1. The van der Waals surface area contributed by atoms with Gasteiger partial charge in [0.25, 0.3) is 0 Å². The zero-order valence-electron chi connectivity index (χ0n) is 12.3. The first-order chi connectivity index (χ1) is 10.7. The van der Waals surface area contributed by atoms with Crippen molar-refractivity contribution in [3.63, 3.8) is 0 Å². The normalized spacial score (nSPS) is 10.6. The van der Waals surface area contributed by atoms with Crippen LogP contribution in [0.25, 0.3) is 11.5 Å². The molecule has 0 unspecified atom stereocenters. The minimum atomic E-state index is 0.560. The van der Waals surface area contributed by atoms with E-state index in [0.717, 1.165) is 27.2 Å². The van der Waals surface area contributed by atoms with Crippen molar-refractivity contribution < 1.29 is 9.15 Å². The van der Waals surface area contributed by atoms with Gasteiger partial charge in [0, 0.05) is 12.0 Å². The number of hydrogen-bond donors (Lipinski definition) is 0. The van der Waals surface area contributed by atoms with Crippen LogP contribution in [0.3, 0.4) is 0 Å². The van der Waals surface area contributed by atoms with E-state index < -0.39 is 0 Å². The number of aryl methyl sites for hydroxylation is 1. The molecule has 0 saturated carbocycles. The third kappa shape index (κ3) is 3.39. The SMILES string of the molecule is Cc1oc(-c2ccccc2)nc1CCOc1ccccc1Br. The second-order valence-corrected chi connectivity index (χ2v) is 5.77. The molecule has 3 aromatic rings. The molecule has 4 heteroatoms. The fraction of sp³-hybridized carbons (Fsp3) is 0.167. The van der Waals surface area contributed by atoms with Crippen LogP contribution in [-0.2, 0) is 6.42 Å². The highest BCUT2D eigenvalue weighted by atomic mass is 79.9. The van der Waals surface area contributed by atoms with Crippen molar-refractivity contribution in [3.8, 4) is 17.2 Å². The Morgan fingerprint density at radius 3 is 2.55 bits per heavy atom. The predicted molar refractivity (Wildman–Crippen MR) is 90.0 cm³/mol. The fourth-order valence-corrected chi connectivity index (χ4v) is 2.58. The van der Waals surface area contributed by atoms with E-state index in [-0.39, 0.29) is 0 Å². The molecule has 0 radical (unpaired) electrons. The number of rotatable bonds is 5. The molecule has 0 spiro atoms. The van der Waals surface area contributed by atoms with Gasteiger partial charge >= 0.3 is 0 Å². The first kappa shape index (κ1) is 14.9. The molecular weight excluding hydrogens is 342 g/mol. The number of nitrogens with zero attached hydrogens (tertiary/aromatic N) is 1. The van der Waals surface area contributed by atoms with Crippen molar-refractivity contribution in [1.29, 1.82) is 0 Å². The molecule has 0 N–H and O–H groups in total. The van der Waals surface area contributed by atoms with Gasteiger partial charge in [0.05, 0.1) is 16.8 Å². The number of aromatic nitrogens is 1. The van der Waals surface area contributed by atoms with E-state index in [1.54, 1.807) is 0 Å². The summed E-state index contributed by atoms with van der Waals surface area (Å²) in [5.41, 5.74) is 1.93. The Balaban J connectivity index is 1.66. The van der Waals surface area contributed by atoms with Gasteiger partial charge in [-0.15, -0.1) is 0 Å². The molecule has 0 aliphatic rings. The molecule has 1 heterocycles. The number of para-hydroxylation sites is 1. The topological polar surface area (TPSA) is 35.3 Å². The third-order valence-corrected chi connectivity index (χ3v) is 4.00. The monoisotopic (exact) mass is 357 g/mol. The molecule has 3 rings (SSSR count). The quantitative estimate of drug-likeness (QED) is 0.641. The maximum atomic E-state index is 5.78. The van der Waals surface area contributed by atoms with E-state index in [1.807, 2.05) is 61.5 Å². The average Bonchev–Trinajstić information content (AvgIpc) is 2.91. The van der Waals surface area contributed by atoms with Gasteiger partial charge in [-0.1, -0.05) is 30.3 Å². The lowest BCUT2D eigenvalue weighted by Crippen LogP contribution is -2.03. The van der Waals surface area contributed by atoms with Gasteiger partial charge in [-0.25, -0.2) is 4.98 Å². The Hall–Kier alpha value is -2.07. The first-order valence-electron chi connectivity index (χ1n) is 7.13. The molecule has 3 nitrogen and oxygen atoms in total. The van der Waals surface area contributed by atoms with E-state index in [1.165, 1.54) is 0 Å². The molecule has 0 fully saturated rings. The van der Waals surface area contributed by atoms with Crippen molar-refractivity contribution in [2.75, 3.05) is 6.61 Å². The zero-order chi connectivity index (χ0) is 15.4. The van der Waals surface area contributed by atoms with Gasteiger partial charge in [-0.05, 0) is 47.1 Å². The van der Waals surface area contributed by atoms with Crippen LogP contribution in [0.1, 0.15) is 11.5 Å². The first-order valence-corrected chi connectivity index (χ1v) is 7.92. The summed E-state index contributed by atoms with van der Waals surface area (Å²) in [6.07, 6.45) is 0.712. The molecule has 0 aliphatic carbocycles. The van der Waals surface area contributed by atoms with Crippen molar-refractivity contribution in [3.05, 3.63) is 70.5 Å². The molecule has 0 aliphatic heterocycles. The molecule has 0 amide bonds. The molecule has 112 valence electrons. The second kappa shape index (κ2) is 6.79. The summed E-state index contributed by atoms with van der Waals surface area (Å²) in [5.74, 6) is 2.34. The van der Waals surface area contributed by atoms with Crippen LogP contribution in [0.15, 0.2) is 63.5 Å². The average molecular weight is 358 g/mol. The summed E-state index contributed by atoms with van der Waals surface area (Å²) in [6.45, 7) is 2.50. The number of hydrogen-bond acceptors (Lipinski definition) is 3. The number of benzene rings is 2. The van der Waals surface area contributed by atoms with Crippen LogP contribution in [0.2, 0.25) is 0 Å². The molecule has 0 atom stereocenters. The van der Waals surface area contributed by atoms with E-state index in [4.69, 9.17) is 9.15 Å². The molecule has 0 saturated heterocycles. The lowest BCUT2D eigenvalue weighted by Gasteiger charge is -2.06. The van der Waals surface area contributed by atoms with Gasteiger partial charge < -0.3 is 9.15 Å². The highest BCUT2D eigenvalue weighted by Crippen LogP contribution is 2.25. The Kier molecular flexibility index (Phi) is 4.59. The van der Waals surface area contributed by atoms with Gasteiger partial charge in [-0.2, -0.15) is 0 Å². The third-order valence-electron chi connectivity index (χ3n) is 3.35. The van der Waals surface area contributed by atoms with Crippen LogP contribution in [0.5, 0.6) is 5.75 Å². The van der Waals surface area contributed by atoms with Crippen LogP contribution >= 0.6 is 15.9 Å². The van der Waals surface area contributed by atoms with Crippen LogP contribution in [-0.4, -0.2) is 11.6 Å². The summed E-state index contributed by atoms with van der Waals surface area (Å²) >= 11 is 3.47. The summed E-state index contributed by atoms with van der Waals surface area (Å²) in [7, 11) is 0. The van der Waals surface area contributed by atoms with Crippen molar-refractivity contribution >= 4 is 15.9 Å². The molecule has 0 bridgehead atoms. The van der Waals surface area contributed by atoms with Crippen molar-refractivity contribution in [2.45, 2.75) is 13.3 Å². The molecule has 22 heavy (non-hydrogen) atoms. The Morgan fingerprint density at radius 2 is 1.77 bits per heavy atom. The minimum absolute atomic E-state index is 0.560. The molecule has 2 aromatic carbocycles. The summed E-state index contributed by atoms with van der Waals surface area (Å²) in [4.78, 5) is 4.58. The Bertz CT molecular complexity index is 753. The number of ether oxygens (including phenoxy) is 1. The van der Waals surface area contributed by atoms with Crippen LogP contribution in [0, 0.1) is 6.92 Å². The lowest BCUT2D eigenvalue weighted by atomic mass is 10.2. The van der Waals surface area contributed by atoms with Gasteiger partial charge in [0.15, 0.2) is 0 Å². The maximum Gasteiger partial charge on any atom is 0.226 e. The van der Waals surface area contributed by atoms with Gasteiger partial charge in [-0.3, -0.25) is 0 Å². The highest BCUT2D eigenvalue weighted by Gasteiger charge is 2.11. The standard InChI is InChI=1S/C18H16BrNO2/c1-13-16(11-12-21-17-10-6-5-9-15(17)19)20-18(22-13)14-7-3-2-4-8-14/h2-10H,11-12H2,1H3. The summed E-state index contributed by atoms with van der Waals surface area (Å²) in [5, 5.41) is 0. The van der Waals surface area contributed by atoms with Crippen LogP contribution in [0.4, 0.5) is 0 Å². The van der Waals surface area contributed by atoms with Gasteiger partial charge in [0.1, 0.15) is 11.5 Å². The molecule has 1 aromatic heterocycles. The predicted octanol–water partition coefficient (Wildman–Crippen LogP) is 5.03. The lowest BCUT2D eigenvalue weighted by molar-refractivity contribution is 0.318. The smallest absolute Gasteiger partial charge is 0.226 e. The summed E-state index contributed by atoms with van der Waals surface area (Å²) in [6, 6.07) is 17.7. The second-order valence-electron chi connectivity index (χ2n) is 4.92. The summed E-state index contributed by atoms with van der Waals surface area (Å²) < 4.78 is 12.5. The van der Waals surface area contributed by atoms with E-state index in [2.05, 4.69) is 20.9 Å². The largest absolute Gasteiger partial charge is 0.492 e. The Morgan fingerprint density at radius 1 is 1.05 bits per heavy atom. The van der Waals surface area contributed by atoms with E-state index in [0.29, 0.717) is 18.9 Å². The molecular formula is C18H16BrNO2. The Labute approximate surface area is 138 Å². The highest BCUT2D eigenvalue weighted by molar-refractivity contribution is 9.10. The van der Waals surface area contributed by atoms with Crippen LogP contribution < -0.4 is 4.74 Å². The van der Waals surface area contributed by atoms with E-state index in [9.17, 15) is 0 Å². The van der Waals surface area contributed by atoms with Crippen molar-refractivity contribution in [2.24, 2.45) is 0 Å². The van der Waals surface area contributed by atoms with E-state index >= 15 is 0 Å². The number of halogens is 1. The maximum absolute atomic E-state index is 5.78. The zero-order valence-corrected chi connectivity index (χ0v) is 13.8.